The van der Waals surface area contributed by atoms with Gasteiger partial charge in [0.05, 0.1) is 0 Å². The molecule has 1 atom stereocenters. The van der Waals surface area contributed by atoms with Gasteiger partial charge in [-0.2, -0.15) is 0 Å². The summed E-state index contributed by atoms with van der Waals surface area (Å²) < 4.78 is 0. The van der Waals surface area contributed by atoms with E-state index in [1.54, 1.807) is 0 Å². The highest BCUT2D eigenvalue weighted by atomic mass is 16.1. The molecular formula is C17H26N2O. The minimum absolute atomic E-state index is 0.0347. The Kier molecular flexibility index (Phi) is 4.81. The van der Waals surface area contributed by atoms with Gasteiger partial charge in [0.2, 0.25) is 5.91 Å². The fraction of sp³-hybridized carbons (Fsp3) is 0.588. The fourth-order valence-electron chi connectivity index (χ4n) is 2.77. The molecule has 2 N–H and O–H groups in total. The van der Waals surface area contributed by atoms with Crippen molar-refractivity contribution in [2.75, 3.05) is 11.9 Å². The Morgan fingerprint density at radius 2 is 2.05 bits per heavy atom. The molecule has 2 rings (SSSR count). The zero-order valence-corrected chi connectivity index (χ0v) is 12.8. The highest BCUT2D eigenvalue weighted by Crippen LogP contribution is 2.29. The van der Waals surface area contributed by atoms with Crippen LogP contribution in [0, 0.1) is 0 Å². The van der Waals surface area contributed by atoms with E-state index in [0.29, 0.717) is 12.5 Å². The van der Waals surface area contributed by atoms with Crippen LogP contribution in [0.4, 0.5) is 5.69 Å². The highest BCUT2D eigenvalue weighted by molar-refractivity contribution is 5.92. The molecule has 0 aromatic heterocycles. The summed E-state index contributed by atoms with van der Waals surface area (Å²) in [5.74, 6) is 0.112. The lowest BCUT2D eigenvalue weighted by Gasteiger charge is -2.25. The van der Waals surface area contributed by atoms with Gasteiger partial charge < -0.3 is 10.6 Å². The topological polar surface area (TPSA) is 41.1 Å². The van der Waals surface area contributed by atoms with E-state index >= 15 is 0 Å². The molecule has 1 aliphatic rings. The van der Waals surface area contributed by atoms with E-state index in [1.807, 2.05) is 18.2 Å². The van der Waals surface area contributed by atoms with Crippen molar-refractivity contribution in [2.24, 2.45) is 0 Å². The Hall–Kier alpha value is -1.35. The van der Waals surface area contributed by atoms with Gasteiger partial charge in [-0.15, -0.1) is 0 Å². The van der Waals surface area contributed by atoms with E-state index in [1.165, 1.54) is 18.4 Å². The van der Waals surface area contributed by atoms with E-state index in [4.69, 9.17) is 0 Å². The summed E-state index contributed by atoms with van der Waals surface area (Å²) in [5.41, 5.74) is 2.17. The summed E-state index contributed by atoms with van der Waals surface area (Å²) in [5, 5.41) is 6.51. The summed E-state index contributed by atoms with van der Waals surface area (Å²) in [6, 6.07) is 8.43. The number of hydrogen-bond donors (Lipinski definition) is 2. The van der Waals surface area contributed by atoms with Crippen LogP contribution >= 0.6 is 0 Å². The second-order valence-corrected chi connectivity index (χ2v) is 6.69. The number of para-hydroxylation sites is 1. The molecule has 1 heterocycles. The van der Waals surface area contributed by atoms with Crippen molar-refractivity contribution in [3.8, 4) is 0 Å². The van der Waals surface area contributed by atoms with E-state index in [-0.39, 0.29) is 11.3 Å². The molecule has 1 aromatic rings. The molecule has 1 amide bonds. The van der Waals surface area contributed by atoms with E-state index in [2.05, 4.69) is 37.5 Å². The van der Waals surface area contributed by atoms with Crippen molar-refractivity contribution in [3.05, 3.63) is 29.8 Å². The van der Waals surface area contributed by atoms with Crippen molar-refractivity contribution in [1.82, 2.24) is 5.32 Å². The second-order valence-electron chi connectivity index (χ2n) is 6.69. The minimum Gasteiger partial charge on any atom is -0.326 e. The molecule has 110 valence electrons. The van der Waals surface area contributed by atoms with Crippen LogP contribution in [0.2, 0.25) is 0 Å². The lowest BCUT2D eigenvalue weighted by atomic mass is 9.86. The molecule has 20 heavy (non-hydrogen) atoms. The zero-order chi connectivity index (χ0) is 14.6. The predicted octanol–water partition coefficient (Wildman–Crippen LogP) is 3.45. The maximum absolute atomic E-state index is 12.2. The number of carbonyl (C=O) groups excluding carboxylic acids is 1. The Morgan fingerprint density at radius 1 is 1.30 bits per heavy atom. The predicted molar refractivity (Wildman–Crippen MR) is 84.0 cm³/mol. The Balaban J connectivity index is 2.00. The van der Waals surface area contributed by atoms with Gasteiger partial charge in [-0.05, 0) is 36.4 Å². The normalized spacial score (nSPS) is 19.6. The molecule has 3 heteroatoms. The number of anilines is 1. The third-order valence-electron chi connectivity index (χ3n) is 3.85. The summed E-state index contributed by atoms with van der Waals surface area (Å²) >= 11 is 0. The molecule has 1 saturated heterocycles. The van der Waals surface area contributed by atoms with E-state index in [0.717, 1.165) is 18.7 Å². The van der Waals surface area contributed by atoms with Gasteiger partial charge in [-0.1, -0.05) is 45.4 Å². The maximum atomic E-state index is 12.2. The van der Waals surface area contributed by atoms with Crippen molar-refractivity contribution >= 4 is 11.6 Å². The van der Waals surface area contributed by atoms with Crippen LogP contribution < -0.4 is 10.6 Å². The molecule has 0 bridgehead atoms. The molecule has 0 aliphatic carbocycles. The largest absolute Gasteiger partial charge is 0.326 e. The van der Waals surface area contributed by atoms with Crippen LogP contribution in [-0.2, 0) is 10.2 Å². The first-order valence-electron chi connectivity index (χ1n) is 7.59. The van der Waals surface area contributed by atoms with Gasteiger partial charge >= 0.3 is 0 Å². The average Bonchev–Trinajstić information content (AvgIpc) is 2.39. The molecule has 1 unspecified atom stereocenters. The lowest BCUT2D eigenvalue weighted by molar-refractivity contribution is -0.116. The van der Waals surface area contributed by atoms with E-state index < -0.39 is 0 Å². The maximum Gasteiger partial charge on any atom is 0.225 e. The molecule has 1 aliphatic heterocycles. The molecule has 0 spiro atoms. The first-order valence-corrected chi connectivity index (χ1v) is 7.59. The van der Waals surface area contributed by atoms with Crippen LogP contribution in [0.1, 0.15) is 52.0 Å². The first kappa shape index (κ1) is 15.0. The van der Waals surface area contributed by atoms with Gasteiger partial charge in [-0.25, -0.2) is 0 Å². The fourth-order valence-corrected chi connectivity index (χ4v) is 2.77. The van der Waals surface area contributed by atoms with Crippen LogP contribution in [0.15, 0.2) is 24.3 Å². The second kappa shape index (κ2) is 6.40. The summed E-state index contributed by atoms with van der Waals surface area (Å²) in [6.45, 7) is 7.54. The lowest BCUT2D eigenvalue weighted by Crippen LogP contribution is -2.37. The molecule has 1 aromatic carbocycles. The Labute approximate surface area is 122 Å². The van der Waals surface area contributed by atoms with Crippen LogP contribution in [-0.4, -0.2) is 18.5 Å². The Morgan fingerprint density at radius 3 is 2.70 bits per heavy atom. The highest BCUT2D eigenvalue weighted by Gasteiger charge is 2.20. The first-order chi connectivity index (χ1) is 9.47. The number of carbonyl (C=O) groups is 1. The summed E-state index contributed by atoms with van der Waals surface area (Å²) in [6.07, 6.45) is 4.13. The summed E-state index contributed by atoms with van der Waals surface area (Å²) in [4.78, 5) is 12.2. The Bertz CT molecular complexity index is 456. The number of hydrogen-bond acceptors (Lipinski definition) is 2. The van der Waals surface area contributed by atoms with Crippen molar-refractivity contribution in [1.29, 1.82) is 0 Å². The van der Waals surface area contributed by atoms with Gasteiger partial charge in [-0.3, -0.25) is 4.79 Å². The van der Waals surface area contributed by atoms with Crippen molar-refractivity contribution < 1.29 is 4.79 Å². The zero-order valence-electron chi connectivity index (χ0n) is 12.8. The number of nitrogens with one attached hydrogen (secondary N) is 2. The van der Waals surface area contributed by atoms with Crippen LogP contribution in [0.25, 0.3) is 0 Å². The van der Waals surface area contributed by atoms with Crippen molar-refractivity contribution in [2.45, 2.75) is 57.9 Å². The van der Waals surface area contributed by atoms with Crippen molar-refractivity contribution in [3.63, 3.8) is 0 Å². The quantitative estimate of drug-likeness (QED) is 0.886. The minimum atomic E-state index is 0.0347. The number of benzene rings is 1. The van der Waals surface area contributed by atoms with Gasteiger partial charge in [0.1, 0.15) is 0 Å². The van der Waals surface area contributed by atoms with Gasteiger partial charge in [0.25, 0.3) is 0 Å². The van der Waals surface area contributed by atoms with Gasteiger partial charge in [0.15, 0.2) is 0 Å². The molecule has 0 saturated carbocycles. The van der Waals surface area contributed by atoms with Gasteiger partial charge in [0, 0.05) is 18.2 Å². The third kappa shape index (κ3) is 4.07. The van der Waals surface area contributed by atoms with E-state index in [9.17, 15) is 4.79 Å². The SMILES string of the molecule is CC(C)(C)c1ccccc1NC(=O)CC1CCCCN1. The van der Waals surface area contributed by atoms with Crippen LogP contribution in [0.3, 0.4) is 0 Å². The molecule has 1 fully saturated rings. The van der Waals surface area contributed by atoms with Crippen LogP contribution in [0.5, 0.6) is 0 Å². The molecular weight excluding hydrogens is 248 g/mol. The average molecular weight is 274 g/mol. The number of rotatable bonds is 3. The number of piperidine rings is 1. The monoisotopic (exact) mass is 274 g/mol. The number of amides is 1. The third-order valence-corrected chi connectivity index (χ3v) is 3.85. The molecule has 0 radical (unpaired) electrons. The standard InChI is InChI=1S/C17H26N2O/c1-17(2,3)14-9-4-5-10-15(14)19-16(20)12-13-8-6-7-11-18-13/h4-5,9-10,13,18H,6-8,11-12H2,1-3H3,(H,19,20). The smallest absolute Gasteiger partial charge is 0.225 e. The summed E-state index contributed by atoms with van der Waals surface area (Å²) in [7, 11) is 0. The molecule has 3 nitrogen and oxygen atoms in total.